The van der Waals surface area contributed by atoms with Crippen LogP contribution in [0.15, 0.2) is 0 Å². The van der Waals surface area contributed by atoms with E-state index in [0.717, 1.165) is 5.92 Å². The molecule has 3 N–H and O–H groups in total. The third-order valence-corrected chi connectivity index (χ3v) is 1.07. The Kier molecular flexibility index (Phi) is 9.40. The Bertz CT molecular complexity index is 159. The first-order chi connectivity index (χ1) is 6.25. The Morgan fingerprint density at radius 3 is 1.71 bits per heavy atom. The van der Waals surface area contributed by atoms with Gasteiger partial charge >= 0.3 is 5.97 Å². The van der Waals surface area contributed by atoms with Crippen LogP contribution in [0.4, 0.5) is 0 Å². The SMILES string of the molecule is CC(C)C.CC(CC(N)=O)CC(=O)O. The van der Waals surface area contributed by atoms with E-state index in [-0.39, 0.29) is 18.8 Å². The molecule has 0 aliphatic carbocycles. The van der Waals surface area contributed by atoms with Gasteiger partial charge in [-0.1, -0.05) is 27.7 Å². The maximum Gasteiger partial charge on any atom is 0.303 e. The van der Waals surface area contributed by atoms with Gasteiger partial charge in [-0.3, -0.25) is 9.59 Å². The van der Waals surface area contributed by atoms with Crippen LogP contribution in [0.1, 0.15) is 40.5 Å². The first-order valence-electron chi connectivity index (χ1n) is 4.75. The van der Waals surface area contributed by atoms with Crippen LogP contribution in [0.2, 0.25) is 0 Å². The number of carboxylic acids is 1. The average Bonchev–Trinajstić information content (AvgIpc) is 1.79. The van der Waals surface area contributed by atoms with Crippen LogP contribution in [-0.4, -0.2) is 17.0 Å². The van der Waals surface area contributed by atoms with Gasteiger partial charge in [-0.2, -0.15) is 0 Å². The zero-order valence-corrected chi connectivity index (χ0v) is 9.41. The summed E-state index contributed by atoms with van der Waals surface area (Å²) < 4.78 is 0. The van der Waals surface area contributed by atoms with E-state index in [2.05, 4.69) is 20.8 Å². The number of carbonyl (C=O) groups excluding carboxylic acids is 1. The molecule has 0 aromatic carbocycles. The molecule has 0 saturated heterocycles. The van der Waals surface area contributed by atoms with Crippen molar-refractivity contribution in [1.82, 2.24) is 0 Å². The van der Waals surface area contributed by atoms with Crippen molar-refractivity contribution in [2.45, 2.75) is 40.5 Å². The van der Waals surface area contributed by atoms with Crippen LogP contribution >= 0.6 is 0 Å². The molecule has 4 heteroatoms. The fourth-order valence-corrected chi connectivity index (χ4v) is 0.714. The smallest absolute Gasteiger partial charge is 0.303 e. The molecule has 0 spiro atoms. The molecule has 0 aliphatic rings. The highest BCUT2D eigenvalue weighted by molar-refractivity contribution is 5.75. The third-order valence-electron chi connectivity index (χ3n) is 1.07. The number of carboxylic acid groups (broad SMARTS) is 1. The molecule has 0 fully saturated rings. The summed E-state index contributed by atoms with van der Waals surface area (Å²) in [5, 5.41) is 8.24. The predicted octanol–water partition coefficient (Wildman–Crippen LogP) is 1.63. The van der Waals surface area contributed by atoms with Crippen LogP contribution in [0, 0.1) is 11.8 Å². The molecule has 0 bridgehead atoms. The maximum absolute atomic E-state index is 10.2. The molecule has 0 heterocycles. The predicted molar refractivity (Wildman–Crippen MR) is 55.7 cm³/mol. The third kappa shape index (κ3) is 22.4. The van der Waals surface area contributed by atoms with E-state index in [1.54, 1.807) is 6.92 Å². The van der Waals surface area contributed by atoms with Gasteiger partial charge in [-0.25, -0.2) is 0 Å². The van der Waals surface area contributed by atoms with E-state index < -0.39 is 11.9 Å². The number of primary amides is 1. The summed E-state index contributed by atoms with van der Waals surface area (Å²) in [5.41, 5.74) is 4.84. The van der Waals surface area contributed by atoms with Crippen LogP contribution in [0.25, 0.3) is 0 Å². The topological polar surface area (TPSA) is 80.4 Å². The number of hydrogen-bond acceptors (Lipinski definition) is 2. The number of rotatable bonds is 4. The molecule has 0 aromatic rings. The number of aliphatic carboxylic acids is 1. The summed E-state index contributed by atoms with van der Waals surface area (Å²) in [7, 11) is 0. The molecule has 0 saturated carbocycles. The van der Waals surface area contributed by atoms with Crippen LogP contribution in [0.5, 0.6) is 0 Å². The molecule has 1 amide bonds. The number of nitrogens with two attached hydrogens (primary N) is 1. The molecule has 0 rings (SSSR count). The lowest BCUT2D eigenvalue weighted by Crippen LogP contribution is -2.16. The second kappa shape index (κ2) is 8.53. The van der Waals surface area contributed by atoms with Crippen molar-refractivity contribution in [1.29, 1.82) is 0 Å². The Labute approximate surface area is 85.5 Å². The minimum atomic E-state index is -0.895. The Morgan fingerprint density at radius 1 is 1.14 bits per heavy atom. The van der Waals surface area contributed by atoms with Crippen molar-refractivity contribution < 1.29 is 14.7 Å². The zero-order chi connectivity index (χ0) is 11.7. The quantitative estimate of drug-likeness (QED) is 0.728. The van der Waals surface area contributed by atoms with E-state index in [1.165, 1.54) is 0 Å². The van der Waals surface area contributed by atoms with Gasteiger partial charge < -0.3 is 10.8 Å². The Hall–Kier alpha value is -1.06. The van der Waals surface area contributed by atoms with Gasteiger partial charge in [0.1, 0.15) is 0 Å². The lowest BCUT2D eigenvalue weighted by molar-refractivity contribution is -0.138. The van der Waals surface area contributed by atoms with E-state index in [1.807, 2.05) is 0 Å². The first kappa shape index (κ1) is 15.4. The summed E-state index contributed by atoms with van der Waals surface area (Å²) in [5.74, 6) is -0.669. The second-order valence-electron chi connectivity index (χ2n) is 4.11. The van der Waals surface area contributed by atoms with Gasteiger partial charge in [-0.15, -0.1) is 0 Å². The summed E-state index contributed by atoms with van der Waals surface area (Å²) >= 11 is 0. The van der Waals surface area contributed by atoms with Gasteiger partial charge in [0, 0.05) is 12.8 Å². The van der Waals surface area contributed by atoms with E-state index in [9.17, 15) is 9.59 Å². The zero-order valence-electron chi connectivity index (χ0n) is 9.41. The van der Waals surface area contributed by atoms with Gasteiger partial charge in [-0.05, 0) is 11.8 Å². The minimum absolute atomic E-state index is 0.00292. The summed E-state index contributed by atoms with van der Waals surface area (Å²) in [6.07, 6.45) is 0.148. The molecule has 0 radical (unpaired) electrons. The fourth-order valence-electron chi connectivity index (χ4n) is 0.714. The standard InChI is InChI=1S/C6H11NO3.C4H10/c1-4(2-5(7)8)3-6(9)10;1-4(2)3/h4H,2-3H2,1H3,(H2,7,8)(H,9,10);4H,1-3H3. The lowest BCUT2D eigenvalue weighted by atomic mass is 10.0. The number of amides is 1. The molecular formula is C10H21NO3. The molecule has 1 atom stereocenters. The second-order valence-corrected chi connectivity index (χ2v) is 4.11. The van der Waals surface area contributed by atoms with Gasteiger partial charge in [0.15, 0.2) is 0 Å². The van der Waals surface area contributed by atoms with Crippen molar-refractivity contribution in [3.8, 4) is 0 Å². The van der Waals surface area contributed by atoms with E-state index in [0.29, 0.717) is 0 Å². The molecule has 0 aliphatic heterocycles. The highest BCUT2D eigenvalue weighted by atomic mass is 16.4. The normalized spacial score (nSPS) is 11.5. The van der Waals surface area contributed by atoms with Crippen LogP contribution in [0.3, 0.4) is 0 Å². The molecule has 14 heavy (non-hydrogen) atoms. The average molecular weight is 203 g/mol. The monoisotopic (exact) mass is 203 g/mol. The van der Waals surface area contributed by atoms with Gasteiger partial charge in [0.05, 0.1) is 0 Å². The molecule has 84 valence electrons. The summed E-state index contributed by atoms with van der Waals surface area (Å²) in [6.45, 7) is 8.18. The van der Waals surface area contributed by atoms with Crippen LogP contribution < -0.4 is 5.73 Å². The van der Waals surface area contributed by atoms with Crippen molar-refractivity contribution in [3.05, 3.63) is 0 Å². The Balaban J connectivity index is 0. The van der Waals surface area contributed by atoms with Crippen molar-refractivity contribution in [2.75, 3.05) is 0 Å². The largest absolute Gasteiger partial charge is 0.481 e. The summed E-state index contributed by atoms with van der Waals surface area (Å²) in [4.78, 5) is 20.3. The van der Waals surface area contributed by atoms with Crippen molar-refractivity contribution >= 4 is 11.9 Å². The highest BCUT2D eigenvalue weighted by Gasteiger charge is 2.09. The first-order valence-corrected chi connectivity index (χ1v) is 4.75. The molecule has 0 aromatic heterocycles. The van der Waals surface area contributed by atoms with Gasteiger partial charge in [0.2, 0.25) is 5.91 Å². The summed E-state index contributed by atoms with van der Waals surface area (Å²) in [6, 6.07) is 0. The molecular weight excluding hydrogens is 182 g/mol. The number of hydrogen-bond donors (Lipinski definition) is 2. The molecule has 4 nitrogen and oxygen atoms in total. The van der Waals surface area contributed by atoms with E-state index >= 15 is 0 Å². The minimum Gasteiger partial charge on any atom is -0.481 e. The fraction of sp³-hybridized carbons (Fsp3) is 0.800. The van der Waals surface area contributed by atoms with Gasteiger partial charge in [0.25, 0.3) is 0 Å². The van der Waals surface area contributed by atoms with Crippen LogP contribution in [-0.2, 0) is 9.59 Å². The molecule has 1 unspecified atom stereocenters. The maximum atomic E-state index is 10.2. The van der Waals surface area contributed by atoms with Crippen molar-refractivity contribution in [3.63, 3.8) is 0 Å². The number of carbonyl (C=O) groups is 2. The lowest BCUT2D eigenvalue weighted by Gasteiger charge is -2.03. The van der Waals surface area contributed by atoms with E-state index in [4.69, 9.17) is 10.8 Å². The van der Waals surface area contributed by atoms with Crippen molar-refractivity contribution in [2.24, 2.45) is 17.6 Å². The highest BCUT2D eigenvalue weighted by Crippen LogP contribution is 2.05. The Morgan fingerprint density at radius 2 is 1.50 bits per heavy atom.